The lowest BCUT2D eigenvalue weighted by Gasteiger charge is -2.39. The van der Waals surface area contributed by atoms with Crippen LogP contribution < -0.4 is 4.90 Å². The van der Waals surface area contributed by atoms with Gasteiger partial charge >= 0.3 is 12.2 Å². The number of likely N-dealkylation sites (tertiary alicyclic amines) is 1. The van der Waals surface area contributed by atoms with E-state index in [1.165, 1.54) is 0 Å². The predicted molar refractivity (Wildman–Crippen MR) is 118 cm³/mol. The van der Waals surface area contributed by atoms with E-state index >= 15 is 0 Å². The molecule has 30 heavy (non-hydrogen) atoms. The van der Waals surface area contributed by atoms with Gasteiger partial charge in [0.25, 0.3) is 0 Å². The number of hydrogen-bond donors (Lipinski definition) is 0. The maximum Gasteiger partial charge on any atom is 0.416 e. The van der Waals surface area contributed by atoms with Crippen LogP contribution in [0.25, 0.3) is 0 Å². The summed E-state index contributed by atoms with van der Waals surface area (Å²) in [5.74, 6) is 0.530. The van der Waals surface area contributed by atoms with Crippen molar-refractivity contribution in [2.75, 3.05) is 11.4 Å². The maximum absolute atomic E-state index is 13.0. The summed E-state index contributed by atoms with van der Waals surface area (Å²) in [7, 11) is 0. The van der Waals surface area contributed by atoms with Gasteiger partial charge in [-0.05, 0) is 80.7 Å². The van der Waals surface area contributed by atoms with E-state index in [-0.39, 0.29) is 18.2 Å². The third kappa shape index (κ3) is 6.34. The standard InChI is InChI=1S/C23H37N3O4/c1-16(2)26(21(28)30-23(6,7)8)19-17(12-11-14-24-19)18-13-9-10-15-25(18)20(27)29-22(3,4)5/h11-12,14,16,18H,9-10,13,15H2,1-8H3. The van der Waals surface area contributed by atoms with E-state index in [9.17, 15) is 9.59 Å². The Morgan fingerprint density at radius 3 is 2.30 bits per heavy atom. The van der Waals surface area contributed by atoms with Crippen LogP contribution in [0.15, 0.2) is 18.3 Å². The smallest absolute Gasteiger partial charge is 0.416 e. The molecule has 2 amide bonds. The van der Waals surface area contributed by atoms with Crippen LogP contribution in [0.4, 0.5) is 15.4 Å². The normalized spacial score (nSPS) is 17.6. The minimum Gasteiger partial charge on any atom is -0.444 e. The van der Waals surface area contributed by atoms with Crippen molar-refractivity contribution in [1.29, 1.82) is 0 Å². The summed E-state index contributed by atoms with van der Waals surface area (Å²) >= 11 is 0. The number of carbonyl (C=O) groups is 2. The van der Waals surface area contributed by atoms with Gasteiger partial charge in [0, 0.05) is 24.3 Å². The molecule has 1 saturated heterocycles. The number of nitrogens with zero attached hydrogens (tertiary/aromatic N) is 3. The number of anilines is 1. The summed E-state index contributed by atoms with van der Waals surface area (Å²) in [6, 6.07) is 3.41. The molecule has 1 aliphatic heterocycles. The molecule has 0 N–H and O–H groups in total. The first kappa shape index (κ1) is 24.0. The zero-order valence-electron chi connectivity index (χ0n) is 19.7. The van der Waals surface area contributed by atoms with E-state index in [1.807, 2.05) is 67.5 Å². The molecule has 168 valence electrons. The van der Waals surface area contributed by atoms with Crippen molar-refractivity contribution in [1.82, 2.24) is 9.88 Å². The first-order chi connectivity index (χ1) is 13.8. The summed E-state index contributed by atoms with van der Waals surface area (Å²) in [6.45, 7) is 15.6. The Balaban J connectivity index is 2.44. The van der Waals surface area contributed by atoms with Crippen molar-refractivity contribution >= 4 is 18.0 Å². The molecule has 2 rings (SSSR count). The van der Waals surface area contributed by atoms with Gasteiger partial charge in [-0.3, -0.25) is 4.90 Å². The Morgan fingerprint density at radius 2 is 1.73 bits per heavy atom. The quantitative estimate of drug-likeness (QED) is 0.629. The number of rotatable bonds is 3. The Morgan fingerprint density at radius 1 is 1.10 bits per heavy atom. The number of carbonyl (C=O) groups excluding carboxylic acids is 2. The van der Waals surface area contributed by atoms with Crippen molar-refractivity contribution in [2.24, 2.45) is 0 Å². The fourth-order valence-electron chi connectivity index (χ4n) is 3.52. The largest absolute Gasteiger partial charge is 0.444 e. The number of piperidine rings is 1. The summed E-state index contributed by atoms with van der Waals surface area (Å²) in [5.41, 5.74) is -0.355. The number of amides is 2. The van der Waals surface area contributed by atoms with Gasteiger partial charge in [0.05, 0.1) is 6.04 Å². The molecule has 7 heteroatoms. The topological polar surface area (TPSA) is 72.0 Å². The average molecular weight is 420 g/mol. The van der Waals surface area contributed by atoms with Crippen LogP contribution in [0.1, 0.15) is 86.3 Å². The number of pyridine rings is 1. The van der Waals surface area contributed by atoms with Crippen molar-refractivity contribution in [3.63, 3.8) is 0 Å². The fraction of sp³-hybridized carbons (Fsp3) is 0.696. The van der Waals surface area contributed by atoms with Crippen LogP contribution in [0.5, 0.6) is 0 Å². The second kappa shape index (κ2) is 9.23. The third-order valence-electron chi connectivity index (χ3n) is 4.64. The monoisotopic (exact) mass is 419 g/mol. The SMILES string of the molecule is CC(C)N(C(=O)OC(C)(C)C)c1ncccc1C1CCCCN1C(=O)OC(C)(C)C. The van der Waals surface area contributed by atoms with Gasteiger partial charge < -0.3 is 14.4 Å². The molecule has 2 heterocycles. The highest BCUT2D eigenvalue weighted by atomic mass is 16.6. The van der Waals surface area contributed by atoms with Crippen LogP contribution in [0.3, 0.4) is 0 Å². The highest BCUT2D eigenvalue weighted by Gasteiger charge is 2.36. The molecular formula is C23H37N3O4. The van der Waals surface area contributed by atoms with E-state index < -0.39 is 17.3 Å². The van der Waals surface area contributed by atoms with Crippen LogP contribution in [-0.2, 0) is 9.47 Å². The summed E-state index contributed by atoms with van der Waals surface area (Å²) in [5, 5.41) is 0. The molecule has 1 fully saturated rings. The zero-order chi connectivity index (χ0) is 22.7. The van der Waals surface area contributed by atoms with Gasteiger partial charge in [-0.2, -0.15) is 0 Å². The maximum atomic E-state index is 13.0. The van der Waals surface area contributed by atoms with Gasteiger partial charge in [-0.1, -0.05) is 6.07 Å². The Kier molecular flexibility index (Phi) is 7.37. The number of hydrogen-bond acceptors (Lipinski definition) is 5. The highest BCUT2D eigenvalue weighted by molar-refractivity contribution is 5.88. The lowest BCUT2D eigenvalue weighted by molar-refractivity contribution is 0.00955. The van der Waals surface area contributed by atoms with Gasteiger partial charge in [-0.15, -0.1) is 0 Å². The van der Waals surface area contributed by atoms with Crippen LogP contribution in [-0.4, -0.2) is 45.9 Å². The zero-order valence-corrected chi connectivity index (χ0v) is 19.7. The van der Waals surface area contributed by atoms with E-state index in [0.717, 1.165) is 24.8 Å². The molecule has 0 radical (unpaired) electrons. The molecular weight excluding hydrogens is 382 g/mol. The first-order valence-corrected chi connectivity index (χ1v) is 10.8. The molecule has 0 spiro atoms. The molecule has 0 saturated carbocycles. The fourth-order valence-corrected chi connectivity index (χ4v) is 3.52. The molecule has 1 unspecified atom stereocenters. The second-order valence-electron chi connectivity index (χ2n) is 10.0. The van der Waals surface area contributed by atoms with Crippen LogP contribution >= 0.6 is 0 Å². The van der Waals surface area contributed by atoms with Crippen molar-refractivity contribution < 1.29 is 19.1 Å². The highest BCUT2D eigenvalue weighted by Crippen LogP contribution is 2.37. The van der Waals surface area contributed by atoms with E-state index in [4.69, 9.17) is 9.47 Å². The van der Waals surface area contributed by atoms with Gasteiger partial charge in [0.2, 0.25) is 0 Å². The minimum absolute atomic E-state index is 0.160. The molecule has 1 atom stereocenters. The van der Waals surface area contributed by atoms with E-state index in [1.54, 1.807) is 16.0 Å². The summed E-state index contributed by atoms with van der Waals surface area (Å²) in [4.78, 5) is 33.8. The van der Waals surface area contributed by atoms with Crippen molar-refractivity contribution in [3.05, 3.63) is 23.9 Å². The second-order valence-corrected chi connectivity index (χ2v) is 10.0. The molecule has 0 aromatic carbocycles. The number of aromatic nitrogens is 1. The van der Waals surface area contributed by atoms with Gasteiger partial charge in [0.1, 0.15) is 17.0 Å². The Labute approximate surface area is 180 Å². The molecule has 0 bridgehead atoms. The lowest BCUT2D eigenvalue weighted by atomic mass is 9.95. The summed E-state index contributed by atoms with van der Waals surface area (Å²) < 4.78 is 11.3. The van der Waals surface area contributed by atoms with Crippen molar-refractivity contribution in [3.8, 4) is 0 Å². The molecule has 7 nitrogen and oxygen atoms in total. The average Bonchev–Trinajstić information content (AvgIpc) is 2.59. The Hall–Kier alpha value is -2.31. The first-order valence-electron chi connectivity index (χ1n) is 10.8. The van der Waals surface area contributed by atoms with Gasteiger partial charge in [0.15, 0.2) is 0 Å². The lowest BCUT2D eigenvalue weighted by Crippen LogP contribution is -2.44. The molecule has 1 aromatic heterocycles. The Bertz CT molecular complexity index is 750. The van der Waals surface area contributed by atoms with Gasteiger partial charge in [-0.25, -0.2) is 14.6 Å². The third-order valence-corrected chi connectivity index (χ3v) is 4.64. The van der Waals surface area contributed by atoms with Crippen molar-refractivity contribution in [2.45, 2.75) is 97.9 Å². The van der Waals surface area contributed by atoms with Crippen LogP contribution in [0, 0.1) is 0 Å². The predicted octanol–water partition coefficient (Wildman–Crippen LogP) is 5.69. The molecule has 1 aromatic rings. The van der Waals surface area contributed by atoms with E-state index in [0.29, 0.717) is 12.4 Å². The molecule has 1 aliphatic rings. The minimum atomic E-state index is -0.618. The summed E-state index contributed by atoms with van der Waals surface area (Å²) in [6.07, 6.45) is 3.59. The number of ether oxygens (including phenoxy) is 2. The van der Waals surface area contributed by atoms with Crippen LogP contribution in [0.2, 0.25) is 0 Å². The molecule has 0 aliphatic carbocycles. The van der Waals surface area contributed by atoms with E-state index in [2.05, 4.69) is 4.98 Å².